The van der Waals surface area contributed by atoms with Crippen molar-refractivity contribution in [3.63, 3.8) is 0 Å². The lowest BCUT2D eigenvalue weighted by atomic mass is 9.90. The molecule has 0 rings (SSSR count). The van der Waals surface area contributed by atoms with Crippen molar-refractivity contribution in [3.8, 4) is 0 Å². The topological polar surface area (TPSA) is 137 Å². The lowest BCUT2D eigenvalue weighted by molar-refractivity contribution is -0.153. The fraction of sp³-hybridized carbons (Fsp3) is 0.923. The van der Waals surface area contributed by atoms with Crippen LogP contribution in [0.3, 0.4) is 0 Å². The summed E-state index contributed by atoms with van der Waals surface area (Å²) >= 11 is 3.91. The van der Waals surface area contributed by atoms with Crippen molar-refractivity contribution < 1.29 is 39.8 Å². The van der Waals surface area contributed by atoms with Crippen molar-refractivity contribution in [2.24, 2.45) is 10.8 Å². The molecule has 0 saturated heterocycles. The highest BCUT2D eigenvalue weighted by molar-refractivity contribution is 7.81. The summed E-state index contributed by atoms with van der Waals surface area (Å²) in [5, 5.41) is 45.8. The van der Waals surface area contributed by atoms with Crippen LogP contribution in [-0.4, -0.2) is 89.6 Å². The zero-order valence-electron chi connectivity index (χ0n) is 12.6. The average Bonchev–Trinajstić information content (AvgIpc) is 2.55. The Kier molecular flexibility index (Phi) is 10.2. The van der Waals surface area contributed by atoms with Gasteiger partial charge in [-0.3, -0.25) is 4.79 Å². The van der Waals surface area contributed by atoms with Gasteiger partial charge in [-0.15, -0.1) is 0 Å². The van der Waals surface area contributed by atoms with Crippen LogP contribution in [0.25, 0.3) is 0 Å². The molecule has 0 bridgehead atoms. The van der Waals surface area contributed by atoms with E-state index in [0.717, 1.165) is 0 Å². The Hall–Kier alpha value is -0.420. The van der Waals surface area contributed by atoms with Gasteiger partial charge < -0.3 is 35.0 Å². The minimum Gasteiger partial charge on any atom is -0.464 e. The van der Waals surface area contributed by atoms with Crippen molar-refractivity contribution in [1.82, 2.24) is 0 Å². The molecule has 0 aliphatic carbocycles. The van der Waals surface area contributed by atoms with E-state index in [4.69, 9.17) is 9.47 Å². The van der Waals surface area contributed by atoms with Crippen molar-refractivity contribution in [1.29, 1.82) is 0 Å². The summed E-state index contributed by atoms with van der Waals surface area (Å²) in [6, 6.07) is 0. The Labute approximate surface area is 135 Å². The van der Waals surface area contributed by atoms with Crippen molar-refractivity contribution in [2.45, 2.75) is 12.2 Å². The summed E-state index contributed by atoms with van der Waals surface area (Å²) in [5.41, 5.74) is -2.43. The third-order valence-corrected chi connectivity index (χ3v) is 3.57. The SMILES string of the molecule is CC(S)C(=O)OCC(CO)(CO)COCC(CO)(CO)CO. The number of esters is 1. The number of hydrogen-bond donors (Lipinski definition) is 6. The average molecular weight is 342 g/mol. The maximum Gasteiger partial charge on any atom is 0.318 e. The van der Waals surface area contributed by atoms with Crippen LogP contribution >= 0.6 is 12.6 Å². The third kappa shape index (κ3) is 6.37. The van der Waals surface area contributed by atoms with E-state index < -0.39 is 55.1 Å². The smallest absolute Gasteiger partial charge is 0.318 e. The van der Waals surface area contributed by atoms with Crippen LogP contribution in [0.15, 0.2) is 0 Å². The molecule has 0 heterocycles. The van der Waals surface area contributed by atoms with E-state index in [1.54, 1.807) is 0 Å². The van der Waals surface area contributed by atoms with E-state index >= 15 is 0 Å². The molecule has 0 saturated carbocycles. The van der Waals surface area contributed by atoms with Gasteiger partial charge in [-0.2, -0.15) is 12.6 Å². The molecule has 0 aromatic heterocycles. The monoisotopic (exact) mass is 342 g/mol. The predicted molar refractivity (Wildman–Crippen MR) is 80.5 cm³/mol. The summed E-state index contributed by atoms with van der Waals surface area (Å²) in [7, 11) is 0. The molecule has 0 aromatic carbocycles. The molecule has 0 fully saturated rings. The summed E-state index contributed by atoms with van der Waals surface area (Å²) < 4.78 is 10.3. The molecule has 1 unspecified atom stereocenters. The largest absolute Gasteiger partial charge is 0.464 e. The number of carbonyl (C=O) groups is 1. The minimum atomic E-state index is -1.22. The molecule has 0 aliphatic rings. The summed E-state index contributed by atoms with van der Waals surface area (Å²) in [6.07, 6.45) is 0. The van der Waals surface area contributed by atoms with E-state index in [1.807, 2.05) is 0 Å². The summed E-state index contributed by atoms with van der Waals surface area (Å²) in [4.78, 5) is 11.4. The Morgan fingerprint density at radius 3 is 1.68 bits per heavy atom. The second-order valence-electron chi connectivity index (χ2n) is 5.57. The van der Waals surface area contributed by atoms with Crippen LogP contribution in [0.5, 0.6) is 0 Å². The van der Waals surface area contributed by atoms with Gasteiger partial charge in [0, 0.05) is 0 Å². The fourth-order valence-electron chi connectivity index (χ4n) is 1.39. The lowest BCUT2D eigenvalue weighted by Gasteiger charge is -2.32. The first-order valence-corrected chi connectivity index (χ1v) is 7.32. The van der Waals surface area contributed by atoms with Gasteiger partial charge in [0.1, 0.15) is 6.61 Å². The normalized spacial score (nSPS) is 14.0. The second-order valence-corrected chi connectivity index (χ2v) is 6.34. The number of rotatable bonds is 12. The Bertz CT molecular complexity index is 307. The maximum absolute atomic E-state index is 11.4. The third-order valence-electron chi connectivity index (χ3n) is 3.36. The Balaban J connectivity index is 4.59. The molecule has 0 spiro atoms. The first kappa shape index (κ1) is 21.6. The maximum atomic E-state index is 11.4. The van der Waals surface area contributed by atoms with Crippen LogP contribution in [-0.2, 0) is 14.3 Å². The Morgan fingerprint density at radius 2 is 1.32 bits per heavy atom. The Morgan fingerprint density at radius 1 is 0.909 bits per heavy atom. The van der Waals surface area contributed by atoms with Crippen molar-refractivity contribution in [3.05, 3.63) is 0 Å². The number of ether oxygens (including phenoxy) is 2. The zero-order chi connectivity index (χ0) is 17.2. The highest BCUT2D eigenvalue weighted by Crippen LogP contribution is 2.21. The first-order chi connectivity index (χ1) is 10.3. The van der Waals surface area contributed by atoms with Crippen LogP contribution < -0.4 is 0 Å². The summed E-state index contributed by atoms with van der Waals surface area (Å²) in [5.74, 6) is -0.593. The predicted octanol–water partition coefficient (Wildman–Crippen LogP) is -2.20. The van der Waals surface area contributed by atoms with Gasteiger partial charge in [0.25, 0.3) is 0 Å². The first-order valence-electron chi connectivity index (χ1n) is 6.81. The molecule has 1 atom stereocenters. The van der Waals surface area contributed by atoms with E-state index in [2.05, 4.69) is 12.6 Å². The fourth-order valence-corrected chi connectivity index (χ4v) is 1.46. The molecule has 22 heavy (non-hydrogen) atoms. The highest BCUT2D eigenvalue weighted by atomic mass is 32.1. The van der Waals surface area contributed by atoms with Crippen molar-refractivity contribution >= 4 is 18.6 Å². The van der Waals surface area contributed by atoms with Gasteiger partial charge in [0.2, 0.25) is 0 Å². The quantitative estimate of drug-likeness (QED) is 0.174. The number of thiol groups is 1. The molecular weight excluding hydrogens is 316 g/mol. The van der Waals surface area contributed by atoms with Crippen LogP contribution in [0.2, 0.25) is 0 Å². The van der Waals surface area contributed by atoms with Gasteiger partial charge in [0.15, 0.2) is 0 Å². The molecule has 5 N–H and O–H groups in total. The van der Waals surface area contributed by atoms with Gasteiger partial charge >= 0.3 is 5.97 Å². The lowest BCUT2D eigenvalue weighted by Crippen LogP contribution is -2.44. The van der Waals surface area contributed by atoms with Gasteiger partial charge in [-0.05, 0) is 6.92 Å². The molecule has 8 nitrogen and oxygen atoms in total. The summed E-state index contributed by atoms with van der Waals surface area (Å²) in [6.45, 7) is -1.57. The number of aliphatic hydroxyl groups excluding tert-OH is 5. The number of carbonyl (C=O) groups excluding carboxylic acids is 1. The molecule has 0 amide bonds. The van der Waals surface area contributed by atoms with E-state index in [1.165, 1.54) is 6.92 Å². The number of hydrogen-bond acceptors (Lipinski definition) is 9. The van der Waals surface area contributed by atoms with Crippen molar-refractivity contribution in [2.75, 3.05) is 52.9 Å². The van der Waals surface area contributed by atoms with E-state index in [9.17, 15) is 30.3 Å². The van der Waals surface area contributed by atoms with Crippen LogP contribution in [0.1, 0.15) is 6.92 Å². The minimum absolute atomic E-state index is 0.185. The zero-order valence-corrected chi connectivity index (χ0v) is 13.5. The number of aliphatic hydroxyl groups is 5. The van der Waals surface area contributed by atoms with Gasteiger partial charge in [-0.1, -0.05) is 0 Å². The standard InChI is InChI=1S/C13H26O8S/c1-10(22)11(19)21-9-13(5-17,6-18)8-20-7-12(2-14,3-15)4-16/h10,14-18,22H,2-9H2,1H3. The van der Waals surface area contributed by atoms with E-state index in [0.29, 0.717) is 0 Å². The van der Waals surface area contributed by atoms with Crippen LogP contribution in [0, 0.1) is 10.8 Å². The van der Waals surface area contributed by atoms with Crippen LogP contribution in [0.4, 0.5) is 0 Å². The molecule has 0 aromatic rings. The second kappa shape index (κ2) is 10.4. The molecule has 0 aliphatic heterocycles. The van der Waals surface area contributed by atoms with Gasteiger partial charge in [0.05, 0.1) is 62.3 Å². The molecular formula is C13H26O8S. The molecule has 0 radical (unpaired) electrons. The van der Waals surface area contributed by atoms with E-state index in [-0.39, 0.29) is 19.8 Å². The highest BCUT2D eigenvalue weighted by Gasteiger charge is 2.34. The molecule has 132 valence electrons. The van der Waals surface area contributed by atoms with Gasteiger partial charge in [-0.25, -0.2) is 0 Å². The molecule has 9 heteroatoms.